The van der Waals surface area contributed by atoms with Gasteiger partial charge in [-0.15, -0.1) is 0 Å². The van der Waals surface area contributed by atoms with Gasteiger partial charge in [0.1, 0.15) is 0 Å². The minimum Gasteiger partial charge on any atom is -0.368 e. The molecule has 1 fully saturated rings. The first-order valence-corrected chi connectivity index (χ1v) is 11.3. The fraction of sp³-hybridized carbons (Fsp3) is 0.350. The van der Waals surface area contributed by atoms with Gasteiger partial charge in [-0.05, 0) is 42.8 Å². The van der Waals surface area contributed by atoms with E-state index in [4.69, 9.17) is 5.73 Å². The van der Waals surface area contributed by atoms with E-state index < -0.39 is 28.0 Å². The van der Waals surface area contributed by atoms with Gasteiger partial charge in [-0.25, -0.2) is 13.2 Å². The maximum Gasteiger partial charge on any atom is 0.319 e. The van der Waals surface area contributed by atoms with Crippen LogP contribution in [-0.4, -0.2) is 66.8 Å². The lowest BCUT2D eigenvalue weighted by Gasteiger charge is -2.36. The number of nitrogens with two attached hydrogens (primary N) is 1. The molecule has 1 aliphatic rings. The number of sulfonamides is 1. The highest BCUT2D eigenvalue weighted by molar-refractivity contribution is 7.89. The minimum atomic E-state index is -3.67. The first kappa shape index (κ1) is 22.7. The second kappa shape index (κ2) is 9.86. The first-order chi connectivity index (χ1) is 14.8. The molecule has 1 aliphatic heterocycles. The predicted octanol–water partition coefficient (Wildman–Crippen LogP) is 0.583. The zero-order valence-electron chi connectivity index (χ0n) is 17.2. The van der Waals surface area contributed by atoms with E-state index in [1.807, 2.05) is 11.0 Å². The maximum atomic E-state index is 12.9. The monoisotopic (exact) mass is 446 g/mol. The summed E-state index contributed by atoms with van der Waals surface area (Å²) in [5.74, 6) is -0.427. The lowest BCUT2D eigenvalue weighted by molar-refractivity contribution is -0.123. The van der Waals surface area contributed by atoms with Gasteiger partial charge < -0.3 is 16.4 Å². The Balaban J connectivity index is 1.55. The Morgan fingerprint density at radius 2 is 1.81 bits per heavy atom. The van der Waals surface area contributed by atoms with Gasteiger partial charge in [-0.3, -0.25) is 14.7 Å². The van der Waals surface area contributed by atoms with E-state index >= 15 is 0 Å². The Morgan fingerprint density at radius 3 is 2.39 bits per heavy atom. The number of piperazine rings is 1. The predicted molar refractivity (Wildman–Crippen MR) is 116 cm³/mol. The number of carbonyl (C=O) groups excluding carboxylic acids is 2. The number of nitrogens with one attached hydrogen (secondary N) is 2. The Kier molecular flexibility index (Phi) is 7.21. The Hall–Kier alpha value is -3.02. The second-order valence-corrected chi connectivity index (χ2v) is 9.15. The molecule has 0 radical (unpaired) electrons. The van der Waals surface area contributed by atoms with Gasteiger partial charge in [-0.1, -0.05) is 6.07 Å². The van der Waals surface area contributed by atoms with E-state index in [9.17, 15) is 18.0 Å². The molecule has 0 aliphatic carbocycles. The Bertz CT molecular complexity index is 1010. The van der Waals surface area contributed by atoms with Crippen LogP contribution >= 0.6 is 0 Å². The van der Waals surface area contributed by atoms with Crippen molar-refractivity contribution < 1.29 is 18.0 Å². The average Bonchev–Trinajstić information content (AvgIpc) is 2.78. The number of hydrogen-bond acceptors (Lipinski definition) is 6. The number of amides is 3. The summed E-state index contributed by atoms with van der Waals surface area (Å²) in [4.78, 5) is 29.4. The summed E-state index contributed by atoms with van der Waals surface area (Å²) in [7, 11) is -3.67. The van der Waals surface area contributed by atoms with Crippen molar-refractivity contribution in [3.8, 4) is 0 Å². The number of anilines is 1. The molecule has 11 heteroatoms. The third-order valence-electron chi connectivity index (χ3n) is 5.16. The summed E-state index contributed by atoms with van der Waals surface area (Å²) in [5.41, 5.74) is 6.67. The van der Waals surface area contributed by atoms with Crippen LogP contribution in [0, 0.1) is 0 Å². The number of rotatable bonds is 7. The molecule has 0 bridgehead atoms. The van der Waals surface area contributed by atoms with Crippen LogP contribution in [-0.2, 0) is 21.4 Å². The van der Waals surface area contributed by atoms with Gasteiger partial charge in [0, 0.05) is 50.8 Å². The fourth-order valence-corrected chi connectivity index (χ4v) is 4.65. The number of nitrogens with zero attached hydrogens (tertiary/aromatic N) is 3. The molecule has 1 aromatic heterocycles. The highest BCUT2D eigenvalue weighted by Gasteiger charge is 2.31. The average molecular weight is 447 g/mol. The summed E-state index contributed by atoms with van der Waals surface area (Å²) in [5, 5.41) is 5.38. The van der Waals surface area contributed by atoms with Crippen LogP contribution in [0.4, 0.5) is 10.5 Å². The molecular weight excluding hydrogens is 420 g/mol. The van der Waals surface area contributed by atoms with E-state index in [2.05, 4.69) is 15.6 Å². The highest BCUT2D eigenvalue weighted by Crippen LogP contribution is 2.20. The number of hydrogen-bond donors (Lipinski definition) is 3. The SMILES string of the molecule is CC(C(N)=O)N1CCN(S(=O)(=O)c2ccc(NC(=O)NCc3cccnc3)cc2)CC1. The number of pyridine rings is 1. The van der Waals surface area contributed by atoms with Crippen LogP contribution in [0.2, 0.25) is 0 Å². The van der Waals surface area contributed by atoms with Crippen LogP contribution in [0.1, 0.15) is 12.5 Å². The normalized spacial score (nSPS) is 16.4. The Labute approximate surface area is 181 Å². The van der Waals surface area contributed by atoms with Crippen molar-refractivity contribution in [3.63, 3.8) is 0 Å². The standard InChI is InChI=1S/C20H26N6O4S/c1-15(19(21)27)25-9-11-26(12-10-25)31(29,30)18-6-4-17(5-7-18)24-20(28)23-14-16-3-2-8-22-13-16/h2-8,13,15H,9-12,14H2,1H3,(H2,21,27)(H2,23,24,28). The van der Waals surface area contributed by atoms with Crippen LogP contribution in [0.25, 0.3) is 0 Å². The van der Waals surface area contributed by atoms with Crippen molar-refractivity contribution >= 4 is 27.6 Å². The summed E-state index contributed by atoms with van der Waals surface area (Å²) in [6.45, 7) is 3.45. The Morgan fingerprint density at radius 1 is 1.13 bits per heavy atom. The van der Waals surface area contributed by atoms with Crippen LogP contribution < -0.4 is 16.4 Å². The van der Waals surface area contributed by atoms with Gasteiger partial charge in [0.05, 0.1) is 10.9 Å². The smallest absolute Gasteiger partial charge is 0.319 e. The number of benzene rings is 1. The maximum absolute atomic E-state index is 12.9. The van der Waals surface area contributed by atoms with Gasteiger partial charge in [0.2, 0.25) is 15.9 Å². The first-order valence-electron chi connectivity index (χ1n) is 9.84. The molecule has 1 atom stereocenters. The third-order valence-corrected chi connectivity index (χ3v) is 7.07. The van der Waals surface area contributed by atoms with E-state index in [-0.39, 0.29) is 18.0 Å². The summed E-state index contributed by atoms with van der Waals surface area (Å²) in [6.07, 6.45) is 3.31. The molecule has 0 spiro atoms. The van der Waals surface area contributed by atoms with Crippen LogP contribution in [0.15, 0.2) is 53.7 Å². The minimum absolute atomic E-state index is 0.144. The van der Waals surface area contributed by atoms with Crippen molar-refractivity contribution in [2.24, 2.45) is 5.73 Å². The summed E-state index contributed by atoms with van der Waals surface area (Å²) in [6, 6.07) is 8.81. The van der Waals surface area contributed by atoms with Crippen LogP contribution in [0.3, 0.4) is 0 Å². The molecule has 2 heterocycles. The largest absolute Gasteiger partial charge is 0.368 e. The van der Waals surface area contributed by atoms with Crippen molar-refractivity contribution in [2.45, 2.75) is 24.4 Å². The van der Waals surface area contributed by atoms with Crippen molar-refractivity contribution in [1.82, 2.24) is 19.5 Å². The molecular formula is C20H26N6O4S. The summed E-state index contributed by atoms with van der Waals surface area (Å²) >= 11 is 0. The van der Waals surface area contributed by atoms with E-state index in [1.165, 1.54) is 16.4 Å². The van der Waals surface area contributed by atoms with Crippen molar-refractivity contribution in [1.29, 1.82) is 0 Å². The quantitative estimate of drug-likeness (QED) is 0.569. The molecule has 31 heavy (non-hydrogen) atoms. The molecule has 166 valence electrons. The van der Waals surface area contributed by atoms with Gasteiger partial charge in [0.15, 0.2) is 0 Å². The zero-order valence-corrected chi connectivity index (χ0v) is 18.0. The molecule has 1 aromatic carbocycles. The second-order valence-electron chi connectivity index (χ2n) is 7.21. The van der Waals surface area contributed by atoms with Gasteiger partial charge >= 0.3 is 6.03 Å². The zero-order chi connectivity index (χ0) is 22.4. The number of aromatic nitrogens is 1. The van der Waals surface area contributed by atoms with Crippen molar-refractivity contribution in [3.05, 3.63) is 54.4 Å². The molecule has 4 N–H and O–H groups in total. The molecule has 0 saturated carbocycles. The molecule has 3 amide bonds. The van der Waals surface area contributed by atoms with E-state index in [0.717, 1.165) is 5.56 Å². The van der Waals surface area contributed by atoms with Gasteiger partial charge in [-0.2, -0.15) is 4.31 Å². The van der Waals surface area contributed by atoms with E-state index in [1.54, 1.807) is 37.5 Å². The summed E-state index contributed by atoms with van der Waals surface area (Å²) < 4.78 is 27.2. The topological polar surface area (TPSA) is 138 Å². The highest BCUT2D eigenvalue weighted by atomic mass is 32.2. The molecule has 10 nitrogen and oxygen atoms in total. The fourth-order valence-electron chi connectivity index (χ4n) is 3.23. The van der Waals surface area contributed by atoms with Gasteiger partial charge in [0.25, 0.3) is 0 Å². The van der Waals surface area contributed by atoms with Crippen LogP contribution in [0.5, 0.6) is 0 Å². The number of primary amides is 1. The molecule has 1 saturated heterocycles. The van der Waals surface area contributed by atoms with E-state index in [0.29, 0.717) is 25.3 Å². The number of carbonyl (C=O) groups is 2. The lowest BCUT2D eigenvalue weighted by atomic mass is 10.2. The molecule has 2 aromatic rings. The molecule has 1 unspecified atom stereocenters. The lowest BCUT2D eigenvalue weighted by Crippen LogP contribution is -2.54. The van der Waals surface area contributed by atoms with Crippen molar-refractivity contribution in [2.75, 3.05) is 31.5 Å². The third kappa shape index (κ3) is 5.78. The molecule has 3 rings (SSSR count). The number of urea groups is 1.